The summed E-state index contributed by atoms with van der Waals surface area (Å²) >= 11 is 0. The number of aromatic nitrogens is 1. The molecule has 1 fully saturated rings. The molecule has 0 aliphatic heterocycles. The van der Waals surface area contributed by atoms with Crippen molar-refractivity contribution in [1.82, 2.24) is 4.57 Å². The molecule has 3 nitrogen and oxygen atoms in total. The summed E-state index contributed by atoms with van der Waals surface area (Å²) < 4.78 is 1.99. The van der Waals surface area contributed by atoms with E-state index in [-0.39, 0.29) is 12.0 Å². The molecule has 21 heavy (non-hydrogen) atoms. The fourth-order valence-corrected chi connectivity index (χ4v) is 3.41. The average Bonchev–Trinajstić information content (AvgIpc) is 3.03. The van der Waals surface area contributed by atoms with Crippen LogP contribution in [0.2, 0.25) is 0 Å². The molecule has 3 rings (SSSR count). The van der Waals surface area contributed by atoms with Gasteiger partial charge < -0.3 is 4.57 Å². The Kier molecular flexibility index (Phi) is 3.75. The van der Waals surface area contributed by atoms with Crippen LogP contribution >= 0.6 is 0 Å². The minimum absolute atomic E-state index is 0.00976. The van der Waals surface area contributed by atoms with Crippen molar-refractivity contribution in [2.24, 2.45) is 5.92 Å². The van der Waals surface area contributed by atoms with E-state index in [2.05, 4.69) is 36.4 Å². The number of nitriles is 2. The van der Waals surface area contributed by atoms with E-state index in [4.69, 9.17) is 0 Å². The van der Waals surface area contributed by atoms with Crippen LogP contribution in [0.25, 0.3) is 0 Å². The monoisotopic (exact) mass is 275 g/mol. The Morgan fingerprint density at radius 2 is 1.81 bits per heavy atom. The summed E-state index contributed by atoms with van der Waals surface area (Å²) in [6, 6.07) is 19.0. The quantitative estimate of drug-likeness (QED) is 0.831. The van der Waals surface area contributed by atoms with Gasteiger partial charge in [-0.05, 0) is 42.9 Å². The van der Waals surface area contributed by atoms with Gasteiger partial charge >= 0.3 is 0 Å². The second-order valence-electron chi connectivity index (χ2n) is 5.64. The smallest absolute Gasteiger partial charge is 0.120 e. The van der Waals surface area contributed by atoms with E-state index < -0.39 is 0 Å². The maximum atomic E-state index is 9.43. The van der Waals surface area contributed by atoms with Crippen LogP contribution in [0.4, 0.5) is 0 Å². The summed E-state index contributed by atoms with van der Waals surface area (Å²) in [6.07, 6.45) is 4.79. The van der Waals surface area contributed by atoms with E-state index in [1.54, 1.807) is 0 Å². The first kappa shape index (κ1) is 13.5. The lowest BCUT2D eigenvalue weighted by molar-refractivity contribution is 0.262. The molecule has 1 aromatic heterocycles. The minimum Gasteiger partial charge on any atom is -0.335 e. The first-order valence-electron chi connectivity index (χ1n) is 7.35. The first-order chi connectivity index (χ1) is 10.3. The van der Waals surface area contributed by atoms with Gasteiger partial charge in [0.2, 0.25) is 0 Å². The predicted molar refractivity (Wildman–Crippen MR) is 80.3 cm³/mol. The number of hydrogen-bond donors (Lipinski definition) is 0. The van der Waals surface area contributed by atoms with Gasteiger partial charge in [-0.1, -0.05) is 30.3 Å². The summed E-state index contributed by atoms with van der Waals surface area (Å²) in [5.74, 6) is 0.458. The van der Waals surface area contributed by atoms with Gasteiger partial charge in [0.1, 0.15) is 11.8 Å². The van der Waals surface area contributed by atoms with Crippen LogP contribution in [0.5, 0.6) is 0 Å². The summed E-state index contributed by atoms with van der Waals surface area (Å²) in [7, 11) is 0. The average molecular weight is 275 g/mol. The van der Waals surface area contributed by atoms with Gasteiger partial charge in [-0.3, -0.25) is 0 Å². The van der Waals surface area contributed by atoms with E-state index in [0.717, 1.165) is 19.3 Å². The zero-order chi connectivity index (χ0) is 14.7. The Hall–Kier alpha value is -2.52. The lowest BCUT2D eigenvalue weighted by Gasteiger charge is -2.34. The van der Waals surface area contributed by atoms with Gasteiger partial charge in [0, 0.05) is 6.20 Å². The van der Waals surface area contributed by atoms with Crippen molar-refractivity contribution >= 4 is 0 Å². The Morgan fingerprint density at radius 1 is 1.00 bits per heavy atom. The second kappa shape index (κ2) is 5.85. The summed E-state index contributed by atoms with van der Waals surface area (Å²) in [5.41, 5.74) is 1.98. The Morgan fingerprint density at radius 3 is 2.52 bits per heavy atom. The third-order valence-corrected chi connectivity index (χ3v) is 4.50. The molecule has 1 aromatic carbocycles. The second-order valence-corrected chi connectivity index (χ2v) is 5.64. The number of nitrogens with zero attached hydrogens (tertiary/aromatic N) is 3. The topological polar surface area (TPSA) is 52.5 Å². The van der Waals surface area contributed by atoms with Gasteiger partial charge in [-0.25, -0.2) is 0 Å². The zero-order valence-electron chi connectivity index (χ0n) is 11.8. The van der Waals surface area contributed by atoms with Gasteiger partial charge in [0.15, 0.2) is 0 Å². The Balaban J connectivity index is 1.90. The van der Waals surface area contributed by atoms with Crippen LogP contribution in [0.1, 0.15) is 42.5 Å². The van der Waals surface area contributed by atoms with Gasteiger partial charge in [0.05, 0.1) is 18.0 Å². The highest BCUT2D eigenvalue weighted by atomic mass is 15.0. The van der Waals surface area contributed by atoms with E-state index in [1.165, 1.54) is 5.56 Å². The molecular formula is C18H17N3. The third kappa shape index (κ3) is 2.56. The zero-order valence-corrected chi connectivity index (χ0v) is 11.8. The predicted octanol–water partition coefficient (Wildman–Crippen LogP) is 4.01. The van der Waals surface area contributed by atoms with Crippen molar-refractivity contribution in [3.05, 3.63) is 59.9 Å². The van der Waals surface area contributed by atoms with Crippen LogP contribution in [-0.4, -0.2) is 4.57 Å². The van der Waals surface area contributed by atoms with Crippen LogP contribution < -0.4 is 0 Å². The third-order valence-electron chi connectivity index (χ3n) is 4.50. The van der Waals surface area contributed by atoms with Crippen molar-refractivity contribution in [1.29, 1.82) is 10.5 Å². The van der Waals surface area contributed by atoms with Crippen molar-refractivity contribution in [2.45, 2.75) is 31.2 Å². The van der Waals surface area contributed by atoms with Crippen molar-refractivity contribution in [2.75, 3.05) is 0 Å². The molecule has 1 aliphatic carbocycles. The maximum Gasteiger partial charge on any atom is 0.120 e. The molecule has 0 saturated heterocycles. The Labute approximate surface area is 125 Å². The first-order valence-corrected chi connectivity index (χ1v) is 7.35. The van der Waals surface area contributed by atoms with Gasteiger partial charge in [0.25, 0.3) is 0 Å². The highest BCUT2D eigenvalue weighted by Gasteiger charge is 2.33. The number of rotatable bonds is 2. The molecule has 1 heterocycles. The number of hydrogen-bond acceptors (Lipinski definition) is 2. The minimum atomic E-state index is -0.00976. The molecule has 104 valence electrons. The standard InChI is InChI=1S/C18H17N3/c19-12-16-9-8-15(14-5-2-1-3-6-14)11-18(16)21-10-4-7-17(21)13-20/h1-7,10,15-16,18H,8-9,11H2. The molecule has 0 spiro atoms. The Bertz CT molecular complexity index is 687. The van der Waals surface area contributed by atoms with Crippen LogP contribution in [0.15, 0.2) is 48.7 Å². The highest BCUT2D eigenvalue weighted by molar-refractivity contribution is 5.25. The van der Waals surface area contributed by atoms with Crippen molar-refractivity contribution < 1.29 is 0 Å². The lowest BCUT2D eigenvalue weighted by atomic mass is 9.76. The van der Waals surface area contributed by atoms with Crippen LogP contribution in [-0.2, 0) is 0 Å². The summed E-state index contributed by atoms with van der Waals surface area (Å²) in [6.45, 7) is 0. The molecule has 0 radical (unpaired) electrons. The maximum absolute atomic E-state index is 9.43. The molecule has 3 heteroatoms. The summed E-state index contributed by atoms with van der Waals surface area (Å²) in [5, 5.41) is 18.7. The van der Waals surface area contributed by atoms with Gasteiger partial charge in [-0.2, -0.15) is 10.5 Å². The van der Waals surface area contributed by atoms with Crippen LogP contribution in [0.3, 0.4) is 0 Å². The van der Waals surface area contributed by atoms with Crippen LogP contribution in [0, 0.1) is 28.6 Å². The molecule has 3 unspecified atom stereocenters. The van der Waals surface area contributed by atoms with Crippen molar-refractivity contribution in [3.63, 3.8) is 0 Å². The van der Waals surface area contributed by atoms with E-state index >= 15 is 0 Å². The van der Waals surface area contributed by atoms with E-state index in [1.807, 2.05) is 29.0 Å². The normalized spacial score (nSPS) is 25.0. The largest absolute Gasteiger partial charge is 0.335 e. The number of benzene rings is 1. The fourth-order valence-electron chi connectivity index (χ4n) is 3.41. The molecular weight excluding hydrogens is 258 g/mol. The SMILES string of the molecule is N#Cc1cccn1C1CC(c2ccccc2)CCC1C#N. The molecule has 1 aliphatic rings. The van der Waals surface area contributed by atoms with Crippen molar-refractivity contribution in [3.8, 4) is 12.1 Å². The fraction of sp³-hybridized carbons (Fsp3) is 0.333. The van der Waals surface area contributed by atoms with E-state index in [0.29, 0.717) is 11.6 Å². The molecule has 0 amide bonds. The highest BCUT2D eigenvalue weighted by Crippen LogP contribution is 2.42. The molecule has 1 saturated carbocycles. The summed E-state index contributed by atoms with van der Waals surface area (Å²) in [4.78, 5) is 0. The van der Waals surface area contributed by atoms with E-state index in [9.17, 15) is 10.5 Å². The van der Waals surface area contributed by atoms with Gasteiger partial charge in [-0.15, -0.1) is 0 Å². The molecule has 3 atom stereocenters. The lowest BCUT2D eigenvalue weighted by Crippen LogP contribution is -2.26. The molecule has 0 bridgehead atoms. The molecule has 0 N–H and O–H groups in total. The molecule has 2 aromatic rings.